The fraction of sp³-hybridized carbons (Fsp3) is 0.440. The highest BCUT2D eigenvalue weighted by molar-refractivity contribution is 7.09. The molecule has 2 saturated heterocycles. The minimum atomic E-state index is -0.417. The Morgan fingerprint density at radius 2 is 2.03 bits per heavy atom. The van der Waals surface area contributed by atoms with E-state index in [2.05, 4.69) is 25.3 Å². The summed E-state index contributed by atoms with van der Waals surface area (Å²) in [5, 5.41) is 10.6. The number of amides is 1. The summed E-state index contributed by atoms with van der Waals surface area (Å²) in [5.41, 5.74) is 3.44. The van der Waals surface area contributed by atoms with Gasteiger partial charge in [-0.3, -0.25) is 9.78 Å². The molecule has 1 aromatic carbocycles. The third-order valence-corrected chi connectivity index (χ3v) is 7.95. The number of anilines is 1. The van der Waals surface area contributed by atoms with Gasteiger partial charge in [0.25, 0.3) is 5.91 Å². The predicted molar refractivity (Wildman–Crippen MR) is 131 cm³/mol. The van der Waals surface area contributed by atoms with Gasteiger partial charge >= 0.3 is 6.01 Å². The Hall–Kier alpha value is -3.24. The van der Waals surface area contributed by atoms with Gasteiger partial charge in [-0.2, -0.15) is 4.98 Å². The highest BCUT2D eigenvalue weighted by Gasteiger charge is 2.43. The molecule has 0 saturated carbocycles. The molecule has 1 unspecified atom stereocenters. The number of piperidine rings is 1. The predicted octanol–water partition coefficient (Wildman–Crippen LogP) is 2.79. The fourth-order valence-electron chi connectivity index (χ4n) is 5.18. The van der Waals surface area contributed by atoms with E-state index in [-0.39, 0.29) is 11.5 Å². The number of hydrogen-bond donors (Lipinski definition) is 1. The Balaban J connectivity index is 1.12. The van der Waals surface area contributed by atoms with Gasteiger partial charge in [-0.15, -0.1) is 4.37 Å². The highest BCUT2D eigenvalue weighted by Crippen LogP contribution is 2.42. The van der Waals surface area contributed by atoms with Crippen molar-refractivity contribution >= 4 is 22.6 Å². The van der Waals surface area contributed by atoms with Gasteiger partial charge in [-0.25, -0.2) is 0 Å². The van der Waals surface area contributed by atoms with E-state index in [1.807, 2.05) is 30.5 Å². The van der Waals surface area contributed by atoms with E-state index in [0.29, 0.717) is 31.1 Å². The van der Waals surface area contributed by atoms with Crippen LogP contribution in [0.3, 0.4) is 0 Å². The van der Waals surface area contributed by atoms with Crippen molar-refractivity contribution in [1.29, 1.82) is 0 Å². The Kier molecular flexibility index (Phi) is 5.57. The molecule has 1 N–H and O–H groups in total. The topological polar surface area (TPSA) is 101 Å². The Bertz CT molecular complexity index is 1240. The van der Waals surface area contributed by atoms with E-state index >= 15 is 0 Å². The van der Waals surface area contributed by atoms with Crippen LogP contribution in [0.1, 0.15) is 35.2 Å². The van der Waals surface area contributed by atoms with Gasteiger partial charge in [-0.1, -0.05) is 12.1 Å². The number of benzene rings is 1. The number of fused-ring (bicyclic) bond motifs is 1. The van der Waals surface area contributed by atoms with Crippen molar-refractivity contribution in [2.24, 2.45) is 0 Å². The summed E-state index contributed by atoms with van der Waals surface area (Å²) in [5.74, 6) is 0.822. The van der Waals surface area contributed by atoms with Gasteiger partial charge in [0, 0.05) is 73.7 Å². The maximum Gasteiger partial charge on any atom is 0.329 e. The number of methoxy groups -OCH3 is 1. The van der Waals surface area contributed by atoms with Crippen LogP contribution in [0.15, 0.2) is 36.5 Å². The second kappa shape index (κ2) is 8.76. The highest BCUT2D eigenvalue weighted by atomic mass is 32.1. The third kappa shape index (κ3) is 4.21. The molecule has 1 atom stereocenters. The van der Waals surface area contributed by atoms with Crippen LogP contribution < -0.4 is 14.4 Å². The Morgan fingerprint density at radius 3 is 2.71 bits per heavy atom. The minimum Gasteiger partial charge on any atom is -0.485 e. The minimum absolute atomic E-state index is 0.0383. The molecule has 2 fully saturated rings. The summed E-state index contributed by atoms with van der Waals surface area (Å²) in [7, 11) is 1.58. The maximum atomic E-state index is 12.7. The Morgan fingerprint density at radius 1 is 1.23 bits per heavy atom. The first kappa shape index (κ1) is 22.2. The monoisotopic (exact) mass is 493 g/mol. The summed E-state index contributed by atoms with van der Waals surface area (Å²) in [6, 6.07) is 10.1. The molecule has 0 aliphatic carbocycles. The van der Waals surface area contributed by atoms with Crippen LogP contribution in [0.2, 0.25) is 0 Å². The van der Waals surface area contributed by atoms with Crippen LogP contribution in [0.5, 0.6) is 11.8 Å². The van der Waals surface area contributed by atoms with Gasteiger partial charge in [0.05, 0.1) is 25.1 Å². The molecule has 3 aliphatic rings. The third-order valence-electron chi connectivity index (χ3n) is 7.19. The van der Waals surface area contributed by atoms with Crippen molar-refractivity contribution in [3.63, 3.8) is 0 Å². The van der Waals surface area contributed by atoms with Gasteiger partial charge in [-0.05, 0) is 24.6 Å². The lowest BCUT2D eigenvalue weighted by Gasteiger charge is -2.38. The van der Waals surface area contributed by atoms with Crippen molar-refractivity contribution in [3.05, 3.63) is 47.7 Å². The number of likely N-dealkylation sites (tertiary alicyclic amines) is 1. The summed E-state index contributed by atoms with van der Waals surface area (Å²) < 4.78 is 15.8. The van der Waals surface area contributed by atoms with Crippen LogP contribution in [-0.2, 0) is 6.42 Å². The van der Waals surface area contributed by atoms with E-state index in [4.69, 9.17) is 9.47 Å². The van der Waals surface area contributed by atoms with Crippen molar-refractivity contribution in [1.82, 2.24) is 19.2 Å². The van der Waals surface area contributed by atoms with Crippen LogP contribution >= 0.6 is 11.5 Å². The lowest BCUT2D eigenvalue weighted by molar-refractivity contribution is 0.0665. The molecule has 0 bridgehead atoms. The van der Waals surface area contributed by atoms with Crippen molar-refractivity contribution in [3.8, 4) is 23.0 Å². The van der Waals surface area contributed by atoms with Gasteiger partial charge in [0.15, 0.2) is 0 Å². The van der Waals surface area contributed by atoms with Crippen LogP contribution in [-0.4, -0.2) is 75.2 Å². The number of aromatic nitrogens is 3. The molecule has 1 spiro atoms. The van der Waals surface area contributed by atoms with Crippen molar-refractivity contribution in [2.75, 3.05) is 38.2 Å². The van der Waals surface area contributed by atoms with Crippen LogP contribution in [0, 0.1) is 0 Å². The molecule has 9 nitrogen and oxygen atoms in total. The molecule has 6 rings (SSSR count). The molecule has 10 heteroatoms. The molecular weight excluding hydrogens is 466 g/mol. The smallest absolute Gasteiger partial charge is 0.329 e. The standard InChI is InChI=1S/C25H27N5O4S/c1-33-23-27-24(35-28-23)29-10-7-25(8-11-29)13-18-12-20(26-14-21(18)34-25)16-2-4-17(5-3-16)22(32)30-9-6-19(31)15-30/h2-5,12,14,19,31H,6-11,13,15H2,1H3. The molecule has 0 radical (unpaired) electrons. The molecule has 182 valence electrons. The number of ether oxygens (including phenoxy) is 2. The van der Waals surface area contributed by atoms with E-state index < -0.39 is 6.10 Å². The van der Waals surface area contributed by atoms with E-state index in [1.54, 1.807) is 12.0 Å². The maximum absolute atomic E-state index is 12.7. The molecule has 35 heavy (non-hydrogen) atoms. The summed E-state index contributed by atoms with van der Waals surface area (Å²) in [6.45, 7) is 2.72. The van der Waals surface area contributed by atoms with Gasteiger partial charge in [0.1, 0.15) is 11.4 Å². The quantitative estimate of drug-likeness (QED) is 0.592. The van der Waals surface area contributed by atoms with Crippen molar-refractivity contribution < 1.29 is 19.4 Å². The Labute approximate surface area is 207 Å². The van der Waals surface area contributed by atoms with Gasteiger partial charge < -0.3 is 24.4 Å². The molecule has 2 aromatic heterocycles. The van der Waals surface area contributed by atoms with E-state index in [0.717, 1.165) is 54.5 Å². The van der Waals surface area contributed by atoms with Crippen LogP contribution in [0.4, 0.5) is 5.13 Å². The zero-order chi connectivity index (χ0) is 24.0. The molecular formula is C25H27N5O4S. The van der Waals surface area contributed by atoms with E-state index in [9.17, 15) is 9.90 Å². The first-order valence-corrected chi connectivity index (χ1v) is 12.7. The lowest BCUT2D eigenvalue weighted by Crippen LogP contribution is -2.47. The SMILES string of the molecule is COc1nsc(N2CCC3(CC2)Cc2cc(-c4ccc(C(=O)N5CCC(O)C5)cc4)ncc2O3)n1. The first-order chi connectivity index (χ1) is 17.0. The summed E-state index contributed by atoms with van der Waals surface area (Å²) in [4.78, 5) is 25.7. The zero-order valence-corrected chi connectivity index (χ0v) is 20.3. The summed E-state index contributed by atoms with van der Waals surface area (Å²) >= 11 is 1.36. The number of pyridine rings is 1. The number of hydrogen-bond acceptors (Lipinski definition) is 9. The number of carbonyl (C=O) groups is 1. The zero-order valence-electron chi connectivity index (χ0n) is 19.5. The molecule has 3 aromatic rings. The van der Waals surface area contributed by atoms with Crippen LogP contribution in [0.25, 0.3) is 11.3 Å². The average Bonchev–Trinajstić information content (AvgIpc) is 3.62. The number of carbonyl (C=O) groups excluding carboxylic acids is 1. The second-order valence-corrected chi connectivity index (χ2v) is 10.2. The molecule has 3 aliphatic heterocycles. The first-order valence-electron chi connectivity index (χ1n) is 11.9. The number of aliphatic hydroxyl groups is 1. The largest absolute Gasteiger partial charge is 0.485 e. The second-order valence-electron chi connectivity index (χ2n) is 9.46. The number of aliphatic hydroxyl groups excluding tert-OH is 1. The number of β-amino-alcohol motifs (C(OH)–C–C–N with tert-alkyl or cyclic N) is 1. The average molecular weight is 494 g/mol. The normalized spacial score (nSPS) is 20.7. The lowest BCUT2D eigenvalue weighted by atomic mass is 9.87. The molecule has 1 amide bonds. The number of nitrogens with zero attached hydrogens (tertiary/aromatic N) is 5. The fourth-order valence-corrected chi connectivity index (χ4v) is 5.87. The summed E-state index contributed by atoms with van der Waals surface area (Å²) in [6.07, 6.45) is 4.72. The van der Waals surface area contributed by atoms with E-state index in [1.165, 1.54) is 17.1 Å². The van der Waals surface area contributed by atoms with Crippen molar-refractivity contribution in [2.45, 2.75) is 37.4 Å². The molecule has 5 heterocycles. The van der Waals surface area contributed by atoms with Gasteiger partial charge in [0.2, 0.25) is 5.13 Å². The number of rotatable bonds is 4.